The molecule has 0 heterocycles. The molecule has 2 aliphatic rings. The smallest absolute Gasteiger partial charge is 0.0540 e. The van der Waals surface area contributed by atoms with E-state index in [9.17, 15) is 0 Å². The zero-order valence-corrected chi connectivity index (χ0v) is 36.0. The topological polar surface area (TPSA) is 3.24 Å². The molecule has 0 spiro atoms. The van der Waals surface area contributed by atoms with Gasteiger partial charge in [0.25, 0.3) is 0 Å². The Labute approximate surface area is 376 Å². The van der Waals surface area contributed by atoms with Gasteiger partial charge >= 0.3 is 0 Å². The molecule has 0 saturated heterocycles. The average molecular weight is 816 g/mol. The van der Waals surface area contributed by atoms with Crippen LogP contribution in [0.5, 0.6) is 0 Å². The van der Waals surface area contributed by atoms with Crippen molar-refractivity contribution in [3.05, 3.63) is 248 Å². The van der Waals surface area contributed by atoms with E-state index in [1.165, 1.54) is 100 Å². The lowest BCUT2D eigenvalue weighted by molar-refractivity contribution is 0.660. The van der Waals surface area contributed by atoms with E-state index in [0.29, 0.717) is 0 Å². The largest absolute Gasteiger partial charge is 0.310 e. The van der Waals surface area contributed by atoms with Crippen LogP contribution in [0.4, 0.5) is 17.1 Å². The highest BCUT2D eigenvalue weighted by Gasteiger charge is 2.36. The van der Waals surface area contributed by atoms with Crippen molar-refractivity contribution < 1.29 is 0 Å². The summed E-state index contributed by atoms with van der Waals surface area (Å²) in [5.74, 6) is 0. The molecule has 10 aromatic carbocycles. The monoisotopic (exact) mass is 815 g/mol. The molecule has 2 aliphatic carbocycles. The number of nitrogens with zero attached hydrogens (tertiary/aromatic N) is 1. The van der Waals surface area contributed by atoms with E-state index in [2.05, 4.69) is 255 Å². The normalized spacial score (nSPS) is 12.7. The maximum Gasteiger partial charge on any atom is 0.0540 e. The fraction of sp³-hybridized carbons (Fsp3) is 0.0476. The standard InChI is InChI=1S/C63H45N/c1-63(2)60-28-16-15-27-56(60)57-37-35-48(41-61(57)63)64(47-33-29-43(30-34-47)42-17-5-3-6-18-42)62-38-32-46(39-58(62)44-19-7-4-8-20-44)45-31-36-55-53-25-12-11-23-51(53)49-21-9-10-22-50(49)52-24-13-14-26-54(52)59(55)40-45/h3-41H,1-2H3. The van der Waals surface area contributed by atoms with Crippen molar-refractivity contribution in [2.45, 2.75) is 19.3 Å². The molecule has 1 heteroatoms. The third kappa shape index (κ3) is 6.15. The van der Waals surface area contributed by atoms with Crippen LogP contribution in [0.25, 0.3) is 89.0 Å². The van der Waals surface area contributed by atoms with Crippen LogP contribution in [-0.4, -0.2) is 0 Å². The lowest BCUT2D eigenvalue weighted by atomic mass is 9.80. The molecule has 0 aliphatic heterocycles. The molecule has 0 amide bonds. The van der Waals surface area contributed by atoms with Gasteiger partial charge in [-0.1, -0.05) is 208 Å². The van der Waals surface area contributed by atoms with Gasteiger partial charge in [0.1, 0.15) is 0 Å². The molecule has 0 saturated carbocycles. The van der Waals surface area contributed by atoms with Crippen molar-refractivity contribution in [3.8, 4) is 89.0 Å². The van der Waals surface area contributed by atoms with Gasteiger partial charge in [-0.25, -0.2) is 0 Å². The van der Waals surface area contributed by atoms with Gasteiger partial charge in [0, 0.05) is 22.4 Å². The Hall–Kier alpha value is -8.00. The van der Waals surface area contributed by atoms with Crippen molar-refractivity contribution in [3.63, 3.8) is 0 Å². The minimum absolute atomic E-state index is 0.136. The predicted octanol–water partition coefficient (Wildman–Crippen LogP) is 17.4. The molecular weight excluding hydrogens is 771 g/mol. The Bertz CT molecular complexity index is 3390. The maximum absolute atomic E-state index is 2.46. The van der Waals surface area contributed by atoms with Gasteiger partial charge in [0.05, 0.1) is 5.69 Å². The van der Waals surface area contributed by atoms with Gasteiger partial charge in [-0.3, -0.25) is 0 Å². The van der Waals surface area contributed by atoms with Crippen LogP contribution >= 0.6 is 0 Å². The zero-order valence-electron chi connectivity index (χ0n) is 36.0. The zero-order chi connectivity index (χ0) is 42.8. The van der Waals surface area contributed by atoms with Crippen molar-refractivity contribution in [1.29, 1.82) is 0 Å². The van der Waals surface area contributed by atoms with E-state index >= 15 is 0 Å². The van der Waals surface area contributed by atoms with Crippen LogP contribution in [0.3, 0.4) is 0 Å². The van der Waals surface area contributed by atoms with Gasteiger partial charge < -0.3 is 4.90 Å². The molecule has 10 aromatic rings. The number of hydrogen-bond donors (Lipinski definition) is 0. The first-order chi connectivity index (χ1) is 31.5. The third-order valence-electron chi connectivity index (χ3n) is 13.7. The Morgan fingerprint density at radius 2 is 0.641 bits per heavy atom. The Balaban J connectivity index is 1.05. The lowest BCUT2D eigenvalue weighted by Gasteiger charge is -2.30. The summed E-state index contributed by atoms with van der Waals surface area (Å²) in [5.41, 5.74) is 25.7. The molecule has 0 atom stereocenters. The first kappa shape index (κ1) is 37.7. The number of anilines is 3. The Morgan fingerprint density at radius 3 is 1.23 bits per heavy atom. The van der Waals surface area contributed by atoms with Gasteiger partial charge in [-0.15, -0.1) is 0 Å². The highest BCUT2D eigenvalue weighted by Crippen LogP contribution is 2.53. The van der Waals surface area contributed by atoms with E-state index < -0.39 is 0 Å². The summed E-state index contributed by atoms with van der Waals surface area (Å²) in [4.78, 5) is 2.46. The fourth-order valence-corrected chi connectivity index (χ4v) is 10.5. The molecule has 0 N–H and O–H groups in total. The number of benzene rings is 10. The van der Waals surface area contributed by atoms with E-state index in [-0.39, 0.29) is 5.41 Å². The number of rotatable bonds is 6. The summed E-state index contributed by atoms with van der Waals surface area (Å²) in [7, 11) is 0. The SMILES string of the molecule is CC1(C)c2ccccc2-c2ccc(N(c3ccc(-c4ccccc4)cc3)c3ccc(-c4ccc5c(c4)-c4ccccc4-c4ccccc4-c4ccccc4-5)cc3-c3ccccc3)cc21. The predicted molar refractivity (Wildman–Crippen MR) is 270 cm³/mol. The first-order valence-electron chi connectivity index (χ1n) is 22.3. The van der Waals surface area contributed by atoms with Crippen LogP contribution < -0.4 is 4.90 Å². The molecule has 12 rings (SSSR count). The first-order valence-corrected chi connectivity index (χ1v) is 22.3. The van der Waals surface area contributed by atoms with E-state index in [0.717, 1.165) is 17.1 Å². The highest BCUT2D eigenvalue weighted by atomic mass is 15.1. The second-order valence-corrected chi connectivity index (χ2v) is 17.6. The maximum atomic E-state index is 2.46. The minimum Gasteiger partial charge on any atom is -0.310 e. The van der Waals surface area contributed by atoms with Crippen LogP contribution in [0, 0.1) is 0 Å². The van der Waals surface area contributed by atoms with Crippen LogP contribution in [-0.2, 0) is 5.41 Å². The third-order valence-corrected chi connectivity index (χ3v) is 13.7. The molecule has 0 radical (unpaired) electrons. The Kier molecular flexibility index (Phi) is 8.91. The minimum atomic E-state index is -0.136. The molecular formula is C63H45N. The summed E-state index contributed by atoms with van der Waals surface area (Å²) in [5, 5.41) is 0. The molecule has 0 fully saturated rings. The quantitative estimate of drug-likeness (QED) is 0.162. The van der Waals surface area contributed by atoms with E-state index in [4.69, 9.17) is 0 Å². The second kappa shape index (κ2) is 15.1. The van der Waals surface area contributed by atoms with E-state index in [1.54, 1.807) is 0 Å². The summed E-state index contributed by atoms with van der Waals surface area (Å²) in [6, 6.07) is 87.4. The second-order valence-electron chi connectivity index (χ2n) is 17.6. The molecule has 0 unspecified atom stereocenters. The van der Waals surface area contributed by atoms with Crippen LogP contribution in [0.1, 0.15) is 25.0 Å². The summed E-state index contributed by atoms with van der Waals surface area (Å²) in [6.45, 7) is 4.73. The Morgan fingerprint density at radius 1 is 0.250 bits per heavy atom. The van der Waals surface area contributed by atoms with Gasteiger partial charge in [-0.05, 0) is 137 Å². The highest BCUT2D eigenvalue weighted by molar-refractivity contribution is 6.04. The fourth-order valence-electron chi connectivity index (χ4n) is 10.5. The average Bonchev–Trinajstić information content (AvgIpc) is 3.59. The molecule has 0 aromatic heterocycles. The van der Waals surface area contributed by atoms with Crippen molar-refractivity contribution >= 4 is 17.1 Å². The van der Waals surface area contributed by atoms with Gasteiger partial charge in [0.2, 0.25) is 0 Å². The summed E-state index contributed by atoms with van der Waals surface area (Å²) >= 11 is 0. The van der Waals surface area contributed by atoms with Crippen LogP contribution in [0.2, 0.25) is 0 Å². The molecule has 0 bridgehead atoms. The number of fused-ring (bicyclic) bond motifs is 11. The molecule has 302 valence electrons. The molecule has 64 heavy (non-hydrogen) atoms. The van der Waals surface area contributed by atoms with Crippen molar-refractivity contribution in [1.82, 2.24) is 0 Å². The number of hydrogen-bond acceptors (Lipinski definition) is 1. The molecule has 1 nitrogen and oxygen atoms in total. The van der Waals surface area contributed by atoms with Crippen molar-refractivity contribution in [2.75, 3.05) is 4.90 Å². The van der Waals surface area contributed by atoms with Gasteiger partial charge in [0.15, 0.2) is 0 Å². The van der Waals surface area contributed by atoms with Crippen LogP contribution in [0.15, 0.2) is 237 Å². The van der Waals surface area contributed by atoms with Gasteiger partial charge in [-0.2, -0.15) is 0 Å². The lowest BCUT2D eigenvalue weighted by Crippen LogP contribution is -2.17. The van der Waals surface area contributed by atoms with Crippen molar-refractivity contribution in [2.24, 2.45) is 0 Å². The van der Waals surface area contributed by atoms with E-state index in [1.807, 2.05) is 0 Å². The summed E-state index contributed by atoms with van der Waals surface area (Å²) in [6.07, 6.45) is 0. The summed E-state index contributed by atoms with van der Waals surface area (Å²) < 4.78 is 0.